The Morgan fingerprint density at radius 1 is 1.35 bits per heavy atom. The van der Waals surface area contributed by atoms with Gasteiger partial charge in [-0.3, -0.25) is 4.79 Å². The Labute approximate surface area is 119 Å². The number of rotatable bonds is 4. The van der Waals surface area contributed by atoms with Crippen molar-refractivity contribution in [3.8, 4) is 6.07 Å². The Morgan fingerprint density at radius 2 is 2.10 bits per heavy atom. The summed E-state index contributed by atoms with van der Waals surface area (Å²) in [4.78, 5) is 13.9. The number of nitrogens with one attached hydrogen (secondary N) is 1. The molecule has 0 aromatic heterocycles. The average Bonchev–Trinajstić information content (AvgIpc) is 2.49. The summed E-state index contributed by atoms with van der Waals surface area (Å²) in [6, 6.07) is 7.28. The molecule has 0 spiro atoms. The lowest BCUT2D eigenvalue weighted by Crippen LogP contribution is -2.36. The van der Waals surface area contributed by atoms with Crippen LogP contribution in [0.4, 0.5) is 11.4 Å². The third-order valence-corrected chi connectivity index (χ3v) is 3.55. The normalized spacial score (nSPS) is 14.7. The number of amides is 1. The van der Waals surface area contributed by atoms with Gasteiger partial charge in [-0.15, -0.1) is 0 Å². The van der Waals surface area contributed by atoms with Crippen LogP contribution in [0.5, 0.6) is 0 Å². The van der Waals surface area contributed by atoms with E-state index in [1.807, 2.05) is 17.0 Å². The summed E-state index contributed by atoms with van der Waals surface area (Å²) in [5.74, 6) is 0.202. The second kappa shape index (κ2) is 6.80. The van der Waals surface area contributed by atoms with Crippen LogP contribution in [-0.2, 0) is 4.79 Å². The Balaban J connectivity index is 1.80. The van der Waals surface area contributed by atoms with Gasteiger partial charge in [0.2, 0.25) is 5.91 Å². The first-order chi connectivity index (χ1) is 9.70. The molecule has 0 bridgehead atoms. The zero-order chi connectivity index (χ0) is 14.4. The maximum absolute atomic E-state index is 12.0. The zero-order valence-electron chi connectivity index (χ0n) is 11.6. The van der Waals surface area contributed by atoms with Crippen LogP contribution in [0.3, 0.4) is 0 Å². The van der Waals surface area contributed by atoms with Gasteiger partial charge in [0.05, 0.1) is 5.56 Å². The fourth-order valence-electron chi connectivity index (χ4n) is 2.38. The first-order valence-corrected chi connectivity index (χ1v) is 7.02. The number of likely N-dealkylation sites (tertiary alicyclic amines) is 1. The molecule has 1 aliphatic rings. The largest absolute Gasteiger partial charge is 0.398 e. The molecule has 5 heteroatoms. The highest BCUT2D eigenvalue weighted by atomic mass is 16.2. The van der Waals surface area contributed by atoms with Crippen LogP contribution >= 0.6 is 0 Å². The monoisotopic (exact) mass is 272 g/mol. The molecule has 1 saturated heterocycles. The average molecular weight is 272 g/mol. The van der Waals surface area contributed by atoms with Gasteiger partial charge >= 0.3 is 0 Å². The quantitative estimate of drug-likeness (QED) is 0.821. The molecule has 0 atom stereocenters. The SMILES string of the molecule is N#Cc1cc(NCCC(=O)N2CCCCC2)ccc1N. The summed E-state index contributed by atoms with van der Waals surface area (Å²) in [7, 11) is 0. The summed E-state index contributed by atoms with van der Waals surface area (Å²) in [5.41, 5.74) is 7.42. The van der Waals surface area contributed by atoms with Crippen LogP contribution in [0, 0.1) is 11.3 Å². The van der Waals surface area contributed by atoms with Crippen LogP contribution < -0.4 is 11.1 Å². The number of hydrogen-bond donors (Lipinski definition) is 2. The maximum Gasteiger partial charge on any atom is 0.224 e. The number of anilines is 2. The lowest BCUT2D eigenvalue weighted by molar-refractivity contribution is -0.131. The van der Waals surface area contributed by atoms with E-state index in [2.05, 4.69) is 5.32 Å². The van der Waals surface area contributed by atoms with Crippen molar-refractivity contribution >= 4 is 17.3 Å². The third kappa shape index (κ3) is 3.64. The number of piperidine rings is 1. The van der Waals surface area contributed by atoms with E-state index in [1.54, 1.807) is 12.1 Å². The Kier molecular flexibility index (Phi) is 4.83. The smallest absolute Gasteiger partial charge is 0.224 e. The molecule has 5 nitrogen and oxygen atoms in total. The van der Waals surface area contributed by atoms with Crippen molar-refractivity contribution in [3.63, 3.8) is 0 Å². The fraction of sp³-hybridized carbons (Fsp3) is 0.467. The van der Waals surface area contributed by atoms with E-state index in [1.165, 1.54) is 6.42 Å². The molecule has 0 radical (unpaired) electrons. The molecule has 0 saturated carbocycles. The van der Waals surface area contributed by atoms with Gasteiger partial charge in [-0.2, -0.15) is 5.26 Å². The Hall–Kier alpha value is -2.22. The molecular weight excluding hydrogens is 252 g/mol. The molecule has 0 aliphatic carbocycles. The molecule has 0 unspecified atom stereocenters. The highest BCUT2D eigenvalue weighted by Crippen LogP contribution is 2.17. The minimum atomic E-state index is 0.202. The second-order valence-corrected chi connectivity index (χ2v) is 5.03. The molecule has 1 fully saturated rings. The van der Waals surface area contributed by atoms with Crippen LogP contribution in [0.15, 0.2) is 18.2 Å². The van der Waals surface area contributed by atoms with Crippen molar-refractivity contribution in [2.24, 2.45) is 0 Å². The summed E-state index contributed by atoms with van der Waals surface area (Å²) < 4.78 is 0. The van der Waals surface area contributed by atoms with Crippen molar-refractivity contribution in [1.29, 1.82) is 5.26 Å². The van der Waals surface area contributed by atoms with E-state index >= 15 is 0 Å². The van der Waals surface area contributed by atoms with E-state index in [0.29, 0.717) is 24.2 Å². The van der Waals surface area contributed by atoms with Crippen molar-refractivity contribution < 1.29 is 4.79 Å². The molecule has 20 heavy (non-hydrogen) atoms. The molecule has 1 amide bonds. The maximum atomic E-state index is 12.0. The van der Waals surface area contributed by atoms with Crippen LogP contribution in [0.25, 0.3) is 0 Å². The van der Waals surface area contributed by atoms with Crippen LogP contribution in [-0.4, -0.2) is 30.4 Å². The highest BCUT2D eigenvalue weighted by molar-refractivity contribution is 5.76. The molecule has 3 N–H and O–H groups in total. The number of nitrogens with zero attached hydrogens (tertiary/aromatic N) is 2. The van der Waals surface area contributed by atoms with Crippen molar-refractivity contribution in [3.05, 3.63) is 23.8 Å². The van der Waals surface area contributed by atoms with Crippen LogP contribution in [0.2, 0.25) is 0 Å². The van der Waals surface area contributed by atoms with Gasteiger partial charge in [0.1, 0.15) is 6.07 Å². The lowest BCUT2D eigenvalue weighted by atomic mass is 10.1. The number of nitriles is 1. The second-order valence-electron chi connectivity index (χ2n) is 5.03. The molecule has 1 heterocycles. The molecule has 1 aliphatic heterocycles. The van der Waals surface area contributed by atoms with Gasteiger partial charge in [-0.1, -0.05) is 0 Å². The van der Waals surface area contributed by atoms with E-state index in [9.17, 15) is 4.79 Å². The minimum absolute atomic E-state index is 0.202. The van der Waals surface area contributed by atoms with Gasteiger partial charge in [0.15, 0.2) is 0 Å². The number of benzene rings is 1. The molecule has 1 aromatic rings. The summed E-state index contributed by atoms with van der Waals surface area (Å²) in [6.45, 7) is 2.35. The number of carbonyl (C=O) groups is 1. The zero-order valence-corrected chi connectivity index (χ0v) is 11.6. The Bertz CT molecular complexity index is 515. The third-order valence-electron chi connectivity index (χ3n) is 3.55. The van der Waals surface area contributed by atoms with Gasteiger partial charge in [-0.05, 0) is 37.5 Å². The molecule has 1 aromatic carbocycles. The van der Waals surface area contributed by atoms with Crippen molar-refractivity contribution in [1.82, 2.24) is 4.90 Å². The summed E-state index contributed by atoms with van der Waals surface area (Å²) in [5, 5.41) is 12.1. The Morgan fingerprint density at radius 3 is 2.80 bits per heavy atom. The topological polar surface area (TPSA) is 82.2 Å². The molecular formula is C15H20N4O. The van der Waals surface area contributed by atoms with Crippen molar-refractivity contribution in [2.75, 3.05) is 30.7 Å². The van der Waals surface area contributed by atoms with E-state index in [4.69, 9.17) is 11.0 Å². The molecule has 106 valence electrons. The number of nitrogens with two attached hydrogens (primary N) is 1. The molecule has 2 rings (SSSR count). The first kappa shape index (κ1) is 14.2. The predicted molar refractivity (Wildman–Crippen MR) is 79.1 cm³/mol. The predicted octanol–water partition coefficient (Wildman–Crippen LogP) is 1.95. The number of carbonyl (C=O) groups excluding carboxylic acids is 1. The lowest BCUT2D eigenvalue weighted by Gasteiger charge is -2.26. The van der Waals surface area contributed by atoms with Gasteiger partial charge in [0.25, 0.3) is 0 Å². The van der Waals surface area contributed by atoms with Crippen molar-refractivity contribution in [2.45, 2.75) is 25.7 Å². The summed E-state index contributed by atoms with van der Waals surface area (Å²) in [6.07, 6.45) is 3.93. The minimum Gasteiger partial charge on any atom is -0.398 e. The van der Waals surface area contributed by atoms with Gasteiger partial charge in [0, 0.05) is 37.4 Å². The summed E-state index contributed by atoms with van der Waals surface area (Å²) >= 11 is 0. The fourth-order valence-corrected chi connectivity index (χ4v) is 2.38. The van der Waals surface area contributed by atoms with Gasteiger partial charge < -0.3 is 16.0 Å². The number of nitrogen functional groups attached to an aromatic ring is 1. The van der Waals surface area contributed by atoms with Crippen LogP contribution in [0.1, 0.15) is 31.2 Å². The number of hydrogen-bond acceptors (Lipinski definition) is 4. The standard InChI is InChI=1S/C15H20N4O/c16-11-12-10-13(4-5-14(12)17)18-7-6-15(20)19-8-2-1-3-9-19/h4-5,10,18H,1-3,6-9,17H2. The van der Waals surface area contributed by atoms with E-state index in [-0.39, 0.29) is 5.91 Å². The van der Waals surface area contributed by atoms with E-state index in [0.717, 1.165) is 31.6 Å². The van der Waals surface area contributed by atoms with E-state index < -0.39 is 0 Å². The first-order valence-electron chi connectivity index (χ1n) is 7.02. The highest BCUT2D eigenvalue weighted by Gasteiger charge is 2.15. The van der Waals surface area contributed by atoms with Gasteiger partial charge in [-0.25, -0.2) is 0 Å².